The van der Waals surface area contributed by atoms with Gasteiger partial charge in [-0.25, -0.2) is 0 Å². The third kappa shape index (κ3) is 1.60. The minimum absolute atomic E-state index is 0.433. The Balaban J connectivity index is 2.58. The number of aromatic amines is 1. The molecule has 1 heterocycles. The molecule has 0 saturated heterocycles. The molecule has 0 aliphatic rings. The lowest BCUT2D eigenvalue weighted by Gasteiger charge is -1.87. The molecule has 0 atom stereocenters. The zero-order valence-corrected chi connectivity index (χ0v) is 4.79. The van der Waals surface area contributed by atoms with Crippen molar-refractivity contribution in [1.82, 2.24) is 4.98 Å². The van der Waals surface area contributed by atoms with Gasteiger partial charge in [-0.05, 0) is 12.1 Å². The summed E-state index contributed by atoms with van der Waals surface area (Å²) < 4.78 is 0. The average Bonchev–Trinajstić information content (AvgIpc) is 2.15. The number of aromatic nitrogens is 1. The van der Waals surface area contributed by atoms with Crippen molar-refractivity contribution in [3.63, 3.8) is 0 Å². The van der Waals surface area contributed by atoms with Crippen LogP contribution in [0.1, 0.15) is 5.69 Å². The van der Waals surface area contributed by atoms with Gasteiger partial charge in [0.15, 0.2) is 0 Å². The Morgan fingerprint density at radius 2 is 2.56 bits per heavy atom. The summed E-state index contributed by atoms with van der Waals surface area (Å²) in [6.07, 6.45) is 3.06. The summed E-state index contributed by atoms with van der Waals surface area (Å²) in [7, 11) is 0. The van der Waals surface area contributed by atoms with Crippen LogP contribution in [0.3, 0.4) is 0 Å². The van der Waals surface area contributed by atoms with Gasteiger partial charge in [-0.1, -0.05) is 0 Å². The average molecular weight is 123 g/mol. The van der Waals surface area contributed by atoms with Gasteiger partial charge >= 0.3 is 0 Å². The maximum atomic E-state index is 10.2. The highest BCUT2D eigenvalue weighted by atomic mass is 16.1. The Morgan fingerprint density at radius 3 is 3.00 bits per heavy atom. The fourth-order valence-corrected chi connectivity index (χ4v) is 0.587. The van der Waals surface area contributed by atoms with Crippen LogP contribution in [0.4, 0.5) is 0 Å². The van der Waals surface area contributed by atoms with Gasteiger partial charge in [0.1, 0.15) is 0 Å². The second kappa shape index (κ2) is 2.35. The number of amides is 1. The molecule has 9 heavy (non-hydrogen) atoms. The number of rotatable bonds is 2. The summed E-state index contributed by atoms with van der Waals surface area (Å²) in [4.78, 5) is 13.0. The summed E-state index contributed by atoms with van der Waals surface area (Å²) in [6, 6.07) is 3.57. The van der Waals surface area contributed by atoms with E-state index in [0.717, 1.165) is 5.69 Å². The Labute approximate surface area is 52.9 Å². The predicted octanol–water partition coefficient (Wildman–Crippen LogP) is 0.0524. The molecular weight excluding hydrogens is 116 g/mol. The number of nitrogens with one attached hydrogen (secondary N) is 1. The second-order valence-corrected chi connectivity index (χ2v) is 1.67. The first kappa shape index (κ1) is 5.88. The van der Waals surface area contributed by atoms with Crippen LogP contribution in [0.15, 0.2) is 18.3 Å². The van der Waals surface area contributed by atoms with Crippen LogP contribution < -0.4 is 5.73 Å². The number of primary amides is 1. The van der Waals surface area contributed by atoms with E-state index < -0.39 is 5.91 Å². The van der Waals surface area contributed by atoms with Crippen LogP contribution in [0.5, 0.6) is 0 Å². The minimum atomic E-state index is -0.433. The van der Waals surface area contributed by atoms with Gasteiger partial charge in [0.05, 0.1) is 6.42 Å². The van der Waals surface area contributed by atoms with Gasteiger partial charge in [0.2, 0.25) is 5.91 Å². The molecule has 1 aromatic heterocycles. The highest BCUT2D eigenvalue weighted by Crippen LogP contribution is 1.95. The molecule has 0 unspecified atom stereocenters. The molecule has 0 aromatic carbocycles. The molecule has 1 amide bonds. The van der Waals surface area contributed by atoms with Crippen LogP contribution >= 0.6 is 0 Å². The molecule has 0 fully saturated rings. The second-order valence-electron chi connectivity index (χ2n) is 1.67. The Bertz CT molecular complexity index is 191. The normalized spacial score (nSPS) is 9.33. The summed E-state index contributed by atoms with van der Waals surface area (Å²) in [5.74, 6) is -0.433. The van der Waals surface area contributed by atoms with E-state index >= 15 is 0 Å². The lowest BCUT2D eigenvalue weighted by Crippen LogP contribution is -2.11. The first-order valence-corrected chi connectivity index (χ1v) is 2.56. The fraction of sp³-hybridized carbons (Fsp3) is 0. The van der Waals surface area contributed by atoms with Crippen LogP contribution in [-0.2, 0) is 4.79 Å². The van der Waals surface area contributed by atoms with Gasteiger partial charge < -0.3 is 10.7 Å². The molecule has 1 aromatic rings. The molecule has 0 aliphatic carbocycles. The summed E-state index contributed by atoms with van der Waals surface area (Å²) in [5, 5.41) is 0. The minimum Gasteiger partial charge on any atom is -0.369 e. The molecular formula is C6H7N2O. The number of carbonyl (C=O) groups excluding carboxylic acids is 1. The largest absolute Gasteiger partial charge is 0.369 e. The molecule has 1 radical (unpaired) electrons. The molecule has 0 spiro atoms. The molecule has 3 nitrogen and oxygen atoms in total. The molecule has 0 aliphatic heterocycles. The number of nitrogens with two attached hydrogens (primary N) is 1. The highest BCUT2D eigenvalue weighted by molar-refractivity contribution is 5.86. The zero-order chi connectivity index (χ0) is 6.69. The van der Waals surface area contributed by atoms with Crippen molar-refractivity contribution in [2.75, 3.05) is 0 Å². The van der Waals surface area contributed by atoms with Crippen LogP contribution in [0.2, 0.25) is 0 Å². The SMILES string of the molecule is NC(=O)[CH]c1ccc[nH]1. The van der Waals surface area contributed by atoms with Gasteiger partial charge in [-0.15, -0.1) is 0 Å². The van der Waals surface area contributed by atoms with Gasteiger partial charge in [0.25, 0.3) is 0 Å². The smallest absolute Gasteiger partial charge is 0.227 e. The molecule has 47 valence electrons. The quantitative estimate of drug-likeness (QED) is 0.573. The molecule has 0 bridgehead atoms. The van der Waals surface area contributed by atoms with Crippen molar-refractivity contribution >= 4 is 5.91 Å². The first-order chi connectivity index (χ1) is 4.29. The van der Waals surface area contributed by atoms with Crippen molar-refractivity contribution in [2.45, 2.75) is 0 Å². The summed E-state index contributed by atoms with van der Waals surface area (Å²) in [6.45, 7) is 0. The molecule has 0 saturated carbocycles. The predicted molar refractivity (Wildman–Crippen MR) is 33.4 cm³/mol. The third-order valence-electron chi connectivity index (χ3n) is 0.920. The van der Waals surface area contributed by atoms with E-state index in [1.807, 2.05) is 0 Å². The van der Waals surface area contributed by atoms with E-state index in [1.165, 1.54) is 6.42 Å². The third-order valence-corrected chi connectivity index (χ3v) is 0.920. The van der Waals surface area contributed by atoms with E-state index in [4.69, 9.17) is 5.73 Å². The van der Waals surface area contributed by atoms with Gasteiger partial charge in [-0.2, -0.15) is 0 Å². The Hall–Kier alpha value is -1.25. The van der Waals surface area contributed by atoms with E-state index in [1.54, 1.807) is 18.3 Å². The first-order valence-electron chi connectivity index (χ1n) is 2.56. The van der Waals surface area contributed by atoms with Crippen LogP contribution in [0, 0.1) is 6.42 Å². The van der Waals surface area contributed by atoms with Crippen molar-refractivity contribution < 1.29 is 4.79 Å². The number of hydrogen-bond acceptors (Lipinski definition) is 1. The number of hydrogen-bond donors (Lipinski definition) is 2. The Morgan fingerprint density at radius 1 is 1.78 bits per heavy atom. The highest BCUT2D eigenvalue weighted by Gasteiger charge is 1.96. The van der Waals surface area contributed by atoms with Crippen molar-refractivity contribution in [2.24, 2.45) is 5.73 Å². The maximum absolute atomic E-state index is 10.2. The molecule has 3 heteroatoms. The standard InChI is InChI=1S/C6H7N2O/c7-6(9)4-5-2-1-3-8-5/h1-4,8H,(H2,7,9). The van der Waals surface area contributed by atoms with Gasteiger partial charge in [0, 0.05) is 11.9 Å². The zero-order valence-electron chi connectivity index (χ0n) is 4.79. The Kier molecular flexibility index (Phi) is 1.53. The molecule has 1 rings (SSSR count). The molecule has 3 N–H and O–H groups in total. The van der Waals surface area contributed by atoms with E-state index in [0.29, 0.717) is 0 Å². The summed E-state index contributed by atoms with van der Waals surface area (Å²) >= 11 is 0. The van der Waals surface area contributed by atoms with E-state index in [-0.39, 0.29) is 0 Å². The van der Waals surface area contributed by atoms with Crippen LogP contribution in [0.25, 0.3) is 0 Å². The summed E-state index contributed by atoms with van der Waals surface area (Å²) in [5.41, 5.74) is 5.61. The fourth-order valence-electron chi connectivity index (χ4n) is 0.587. The monoisotopic (exact) mass is 123 g/mol. The van der Waals surface area contributed by atoms with Crippen molar-refractivity contribution in [1.29, 1.82) is 0 Å². The number of carbonyl (C=O) groups is 1. The maximum Gasteiger partial charge on any atom is 0.227 e. The van der Waals surface area contributed by atoms with Gasteiger partial charge in [-0.3, -0.25) is 4.79 Å². The lowest BCUT2D eigenvalue weighted by atomic mass is 10.3. The lowest BCUT2D eigenvalue weighted by molar-refractivity contribution is -0.114. The van der Waals surface area contributed by atoms with Crippen LogP contribution in [-0.4, -0.2) is 10.9 Å². The van der Waals surface area contributed by atoms with Crippen molar-refractivity contribution in [3.8, 4) is 0 Å². The van der Waals surface area contributed by atoms with E-state index in [9.17, 15) is 4.79 Å². The number of H-pyrrole nitrogens is 1. The van der Waals surface area contributed by atoms with E-state index in [2.05, 4.69) is 4.98 Å². The topological polar surface area (TPSA) is 58.9 Å². The van der Waals surface area contributed by atoms with Crippen molar-refractivity contribution in [3.05, 3.63) is 30.4 Å².